The Kier molecular flexibility index (Phi) is 3.52. The number of benzene rings is 1. The van der Waals surface area contributed by atoms with E-state index in [0.717, 1.165) is 35.2 Å². The fourth-order valence-corrected chi connectivity index (χ4v) is 3.29. The SMILES string of the molecule is COc1ccc2cc(C(=O)N3CCC(n4cc(C)cn4)C3)[nH]c2c1. The van der Waals surface area contributed by atoms with Gasteiger partial charge in [0.2, 0.25) is 0 Å². The molecule has 124 valence electrons. The lowest BCUT2D eigenvalue weighted by Crippen LogP contribution is -2.29. The monoisotopic (exact) mass is 324 g/mol. The van der Waals surface area contributed by atoms with Crippen LogP contribution in [0.15, 0.2) is 36.7 Å². The van der Waals surface area contributed by atoms with Crippen LogP contribution in [-0.2, 0) is 0 Å². The Hall–Kier alpha value is -2.76. The third-order valence-corrected chi connectivity index (χ3v) is 4.62. The van der Waals surface area contributed by atoms with Crippen LogP contribution in [0.2, 0.25) is 0 Å². The van der Waals surface area contributed by atoms with Gasteiger partial charge >= 0.3 is 0 Å². The van der Waals surface area contributed by atoms with Gasteiger partial charge in [0, 0.05) is 36.3 Å². The Morgan fingerprint density at radius 1 is 1.38 bits per heavy atom. The number of hydrogen-bond donors (Lipinski definition) is 1. The second kappa shape index (κ2) is 5.70. The van der Waals surface area contributed by atoms with Gasteiger partial charge < -0.3 is 14.6 Å². The van der Waals surface area contributed by atoms with Gasteiger partial charge in [0.25, 0.3) is 5.91 Å². The van der Waals surface area contributed by atoms with E-state index in [1.54, 1.807) is 7.11 Å². The lowest BCUT2D eigenvalue weighted by atomic mass is 10.2. The maximum atomic E-state index is 12.8. The van der Waals surface area contributed by atoms with E-state index in [4.69, 9.17) is 4.74 Å². The lowest BCUT2D eigenvalue weighted by Gasteiger charge is -2.15. The van der Waals surface area contributed by atoms with Crippen LogP contribution >= 0.6 is 0 Å². The number of aromatic nitrogens is 3. The van der Waals surface area contributed by atoms with Crippen molar-refractivity contribution in [2.45, 2.75) is 19.4 Å². The number of fused-ring (bicyclic) bond motifs is 1. The van der Waals surface area contributed by atoms with Gasteiger partial charge in [0.1, 0.15) is 11.4 Å². The molecule has 3 heterocycles. The van der Waals surface area contributed by atoms with E-state index in [1.165, 1.54) is 0 Å². The summed E-state index contributed by atoms with van der Waals surface area (Å²) in [7, 11) is 1.64. The second-order valence-corrected chi connectivity index (χ2v) is 6.33. The van der Waals surface area contributed by atoms with Crippen molar-refractivity contribution in [2.75, 3.05) is 20.2 Å². The molecule has 4 rings (SSSR count). The van der Waals surface area contributed by atoms with Crippen LogP contribution in [0.25, 0.3) is 10.9 Å². The molecule has 24 heavy (non-hydrogen) atoms. The van der Waals surface area contributed by atoms with Crippen LogP contribution in [-0.4, -0.2) is 45.8 Å². The molecule has 1 atom stereocenters. The number of ether oxygens (including phenoxy) is 1. The summed E-state index contributed by atoms with van der Waals surface area (Å²) in [5.74, 6) is 0.815. The van der Waals surface area contributed by atoms with Crippen molar-refractivity contribution in [1.82, 2.24) is 19.7 Å². The number of methoxy groups -OCH3 is 1. The van der Waals surface area contributed by atoms with E-state index < -0.39 is 0 Å². The molecule has 0 spiro atoms. The molecule has 1 N–H and O–H groups in total. The summed E-state index contributed by atoms with van der Waals surface area (Å²) in [6.07, 6.45) is 4.82. The highest BCUT2D eigenvalue weighted by atomic mass is 16.5. The summed E-state index contributed by atoms with van der Waals surface area (Å²) in [6.45, 7) is 3.47. The number of carbonyl (C=O) groups excluding carboxylic acids is 1. The van der Waals surface area contributed by atoms with Crippen molar-refractivity contribution < 1.29 is 9.53 Å². The molecule has 0 saturated carbocycles. The van der Waals surface area contributed by atoms with Crippen LogP contribution in [0.5, 0.6) is 5.75 Å². The average molecular weight is 324 g/mol. The molecule has 0 aliphatic carbocycles. The van der Waals surface area contributed by atoms with E-state index in [0.29, 0.717) is 12.2 Å². The quantitative estimate of drug-likeness (QED) is 0.806. The zero-order valence-electron chi connectivity index (χ0n) is 13.8. The van der Waals surface area contributed by atoms with Gasteiger partial charge in [-0.3, -0.25) is 9.48 Å². The molecule has 1 amide bonds. The first-order valence-electron chi connectivity index (χ1n) is 8.11. The number of rotatable bonds is 3. The summed E-state index contributed by atoms with van der Waals surface area (Å²) < 4.78 is 7.20. The molecule has 1 aliphatic rings. The minimum absolute atomic E-state index is 0.0385. The van der Waals surface area contributed by atoms with E-state index >= 15 is 0 Å². The third kappa shape index (κ3) is 2.54. The molecule has 1 aromatic carbocycles. The third-order valence-electron chi connectivity index (χ3n) is 4.62. The first-order chi connectivity index (χ1) is 11.6. The molecule has 1 fully saturated rings. The Morgan fingerprint density at radius 3 is 3.00 bits per heavy atom. The number of hydrogen-bond acceptors (Lipinski definition) is 3. The molecular formula is C18H20N4O2. The zero-order chi connectivity index (χ0) is 16.7. The van der Waals surface area contributed by atoms with Gasteiger partial charge in [-0.25, -0.2) is 0 Å². The van der Waals surface area contributed by atoms with E-state index in [9.17, 15) is 4.79 Å². The van der Waals surface area contributed by atoms with Crippen LogP contribution in [0.4, 0.5) is 0 Å². The van der Waals surface area contributed by atoms with Crippen molar-refractivity contribution in [2.24, 2.45) is 0 Å². The fraction of sp³-hybridized carbons (Fsp3) is 0.333. The van der Waals surface area contributed by atoms with Gasteiger partial charge in [-0.05, 0) is 37.1 Å². The van der Waals surface area contributed by atoms with E-state index in [2.05, 4.69) is 10.1 Å². The summed E-state index contributed by atoms with van der Waals surface area (Å²) in [6, 6.07) is 7.93. The van der Waals surface area contributed by atoms with E-state index in [1.807, 2.05) is 53.2 Å². The Morgan fingerprint density at radius 2 is 2.25 bits per heavy atom. The maximum Gasteiger partial charge on any atom is 0.270 e. The number of carbonyl (C=O) groups is 1. The maximum absolute atomic E-state index is 12.8. The molecule has 0 bridgehead atoms. The number of amides is 1. The number of likely N-dealkylation sites (tertiary alicyclic amines) is 1. The van der Waals surface area contributed by atoms with Crippen molar-refractivity contribution in [3.63, 3.8) is 0 Å². The van der Waals surface area contributed by atoms with Crippen LogP contribution in [0.3, 0.4) is 0 Å². The highest BCUT2D eigenvalue weighted by Gasteiger charge is 2.29. The first kappa shape index (κ1) is 14.8. The van der Waals surface area contributed by atoms with Crippen molar-refractivity contribution in [3.8, 4) is 5.75 Å². The Bertz CT molecular complexity index is 895. The number of aromatic amines is 1. The smallest absolute Gasteiger partial charge is 0.270 e. The molecular weight excluding hydrogens is 304 g/mol. The predicted octanol–water partition coefficient (Wildman–Crippen LogP) is 2.77. The van der Waals surface area contributed by atoms with Gasteiger partial charge in [-0.15, -0.1) is 0 Å². The second-order valence-electron chi connectivity index (χ2n) is 6.33. The highest BCUT2D eigenvalue weighted by molar-refractivity contribution is 5.98. The van der Waals surface area contributed by atoms with Crippen LogP contribution in [0.1, 0.15) is 28.5 Å². The number of nitrogens with one attached hydrogen (secondary N) is 1. The minimum atomic E-state index is 0.0385. The van der Waals surface area contributed by atoms with Gasteiger partial charge in [-0.1, -0.05) is 0 Å². The van der Waals surface area contributed by atoms with Gasteiger partial charge in [0.05, 0.1) is 19.3 Å². The molecule has 6 heteroatoms. The van der Waals surface area contributed by atoms with Crippen LogP contribution in [0, 0.1) is 6.92 Å². The Labute approximate surface area is 140 Å². The van der Waals surface area contributed by atoms with Crippen LogP contribution < -0.4 is 4.74 Å². The summed E-state index contributed by atoms with van der Waals surface area (Å²) in [4.78, 5) is 17.9. The van der Waals surface area contributed by atoms with Crippen molar-refractivity contribution in [3.05, 3.63) is 47.9 Å². The fourth-order valence-electron chi connectivity index (χ4n) is 3.29. The largest absolute Gasteiger partial charge is 0.497 e. The molecule has 3 aromatic rings. The van der Waals surface area contributed by atoms with Crippen molar-refractivity contribution >= 4 is 16.8 Å². The first-order valence-corrected chi connectivity index (χ1v) is 8.11. The number of H-pyrrole nitrogens is 1. The zero-order valence-corrected chi connectivity index (χ0v) is 13.8. The minimum Gasteiger partial charge on any atom is -0.497 e. The number of aryl methyl sites for hydroxylation is 1. The highest BCUT2D eigenvalue weighted by Crippen LogP contribution is 2.25. The number of nitrogens with zero attached hydrogens (tertiary/aromatic N) is 3. The average Bonchev–Trinajstić information content (AvgIpc) is 3.31. The summed E-state index contributed by atoms with van der Waals surface area (Å²) in [5, 5.41) is 5.39. The molecule has 1 unspecified atom stereocenters. The molecule has 1 aliphatic heterocycles. The summed E-state index contributed by atoms with van der Waals surface area (Å²) >= 11 is 0. The normalized spacial score (nSPS) is 17.6. The summed E-state index contributed by atoms with van der Waals surface area (Å²) in [5.41, 5.74) is 2.68. The molecule has 6 nitrogen and oxygen atoms in total. The van der Waals surface area contributed by atoms with Crippen molar-refractivity contribution in [1.29, 1.82) is 0 Å². The standard InChI is InChI=1S/C18H20N4O2/c1-12-9-19-22(10-12)14-5-6-21(11-14)18(23)17-7-13-3-4-15(24-2)8-16(13)20-17/h3-4,7-10,14,20H,5-6,11H2,1-2H3. The van der Waals surface area contributed by atoms with E-state index in [-0.39, 0.29) is 11.9 Å². The van der Waals surface area contributed by atoms with Gasteiger partial charge in [0.15, 0.2) is 0 Å². The molecule has 0 radical (unpaired) electrons. The molecule has 1 saturated heterocycles. The topological polar surface area (TPSA) is 63.1 Å². The van der Waals surface area contributed by atoms with Gasteiger partial charge in [-0.2, -0.15) is 5.10 Å². The predicted molar refractivity (Wildman–Crippen MR) is 91.4 cm³/mol. The molecule has 2 aromatic heterocycles. The Balaban J connectivity index is 1.53. The lowest BCUT2D eigenvalue weighted by molar-refractivity contribution is 0.0782.